The second kappa shape index (κ2) is 4.48. The van der Waals surface area contributed by atoms with Gasteiger partial charge in [-0.15, -0.1) is 6.58 Å². The summed E-state index contributed by atoms with van der Waals surface area (Å²) in [5, 5.41) is 0. The van der Waals surface area contributed by atoms with Crippen LogP contribution in [0.15, 0.2) is 24.9 Å². The van der Waals surface area contributed by atoms with E-state index in [1.807, 2.05) is 22.6 Å². The van der Waals surface area contributed by atoms with Crippen LogP contribution in [0.1, 0.15) is 6.42 Å². The Hall–Kier alpha value is -0.980. The number of amides is 1. The van der Waals surface area contributed by atoms with Crippen molar-refractivity contribution < 1.29 is 9.18 Å². The van der Waals surface area contributed by atoms with Gasteiger partial charge in [-0.05, 0) is 28.7 Å². The zero-order chi connectivity index (χ0) is 11.7. The lowest BCUT2D eigenvalue weighted by molar-refractivity contribution is -0.117. The Morgan fingerprint density at radius 1 is 1.69 bits per heavy atom. The third-order valence-electron chi connectivity index (χ3n) is 2.53. The molecule has 1 saturated heterocycles. The van der Waals surface area contributed by atoms with Crippen molar-refractivity contribution in [1.82, 2.24) is 4.98 Å². The summed E-state index contributed by atoms with van der Waals surface area (Å²) in [7, 11) is 0. The van der Waals surface area contributed by atoms with E-state index in [1.54, 1.807) is 11.0 Å². The van der Waals surface area contributed by atoms with Gasteiger partial charge in [0.05, 0.1) is 9.77 Å². The van der Waals surface area contributed by atoms with Crippen molar-refractivity contribution in [3.8, 4) is 0 Å². The Kier molecular flexibility index (Phi) is 3.22. The number of hydrogen-bond donors (Lipinski definition) is 0. The number of carbonyl (C=O) groups is 1. The van der Waals surface area contributed by atoms with Crippen LogP contribution in [0.4, 0.5) is 10.2 Å². The first kappa shape index (κ1) is 11.5. The fourth-order valence-electron chi connectivity index (χ4n) is 1.70. The van der Waals surface area contributed by atoms with Crippen molar-refractivity contribution in [2.75, 3.05) is 11.4 Å². The molecule has 1 aromatic heterocycles. The first-order valence-electron chi connectivity index (χ1n) is 4.85. The highest BCUT2D eigenvalue weighted by Crippen LogP contribution is 2.27. The van der Waals surface area contributed by atoms with Crippen LogP contribution in [-0.2, 0) is 4.79 Å². The molecule has 84 valence electrons. The number of hydrogen-bond acceptors (Lipinski definition) is 2. The van der Waals surface area contributed by atoms with Crippen molar-refractivity contribution in [3.63, 3.8) is 0 Å². The third-order valence-corrected chi connectivity index (χ3v) is 3.33. The van der Waals surface area contributed by atoms with Gasteiger partial charge in [-0.3, -0.25) is 9.69 Å². The minimum atomic E-state index is -0.389. The highest BCUT2D eigenvalue weighted by molar-refractivity contribution is 14.1. The number of rotatable bonds is 2. The molecule has 0 N–H and O–H groups in total. The molecule has 1 aromatic rings. The van der Waals surface area contributed by atoms with E-state index in [0.29, 0.717) is 22.4 Å². The zero-order valence-electron chi connectivity index (χ0n) is 8.49. The number of anilines is 1. The van der Waals surface area contributed by atoms with Gasteiger partial charge in [-0.25, -0.2) is 9.37 Å². The van der Waals surface area contributed by atoms with Crippen molar-refractivity contribution in [2.24, 2.45) is 5.92 Å². The third kappa shape index (κ3) is 2.09. The maximum Gasteiger partial charge on any atom is 0.228 e. The lowest BCUT2D eigenvalue weighted by Crippen LogP contribution is -2.26. The lowest BCUT2D eigenvalue weighted by Gasteiger charge is -2.16. The number of aromatic nitrogens is 1. The van der Waals surface area contributed by atoms with E-state index < -0.39 is 0 Å². The molecular formula is C11H10FIN2O. The van der Waals surface area contributed by atoms with Crippen LogP contribution in [0.5, 0.6) is 0 Å². The van der Waals surface area contributed by atoms with E-state index in [1.165, 1.54) is 6.07 Å². The summed E-state index contributed by atoms with van der Waals surface area (Å²) >= 11 is 1.98. The summed E-state index contributed by atoms with van der Waals surface area (Å²) in [6.45, 7) is 4.26. The van der Waals surface area contributed by atoms with Crippen molar-refractivity contribution in [1.29, 1.82) is 0 Å². The van der Waals surface area contributed by atoms with Gasteiger partial charge < -0.3 is 0 Å². The average molecular weight is 332 g/mol. The zero-order valence-corrected chi connectivity index (χ0v) is 10.6. The number of pyridine rings is 1. The van der Waals surface area contributed by atoms with Gasteiger partial charge in [-0.1, -0.05) is 6.08 Å². The highest BCUT2D eigenvalue weighted by atomic mass is 127. The van der Waals surface area contributed by atoms with Crippen LogP contribution < -0.4 is 4.90 Å². The van der Waals surface area contributed by atoms with Crippen LogP contribution in [-0.4, -0.2) is 17.4 Å². The minimum Gasteiger partial charge on any atom is -0.295 e. The molecule has 2 rings (SSSR count). The topological polar surface area (TPSA) is 33.2 Å². The van der Waals surface area contributed by atoms with E-state index in [2.05, 4.69) is 11.6 Å². The second-order valence-corrected chi connectivity index (χ2v) is 4.83. The second-order valence-electron chi connectivity index (χ2n) is 3.66. The van der Waals surface area contributed by atoms with Gasteiger partial charge in [-0.2, -0.15) is 0 Å². The van der Waals surface area contributed by atoms with Crippen LogP contribution in [0.3, 0.4) is 0 Å². The quantitative estimate of drug-likeness (QED) is 0.615. The molecule has 16 heavy (non-hydrogen) atoms. The van der Waals surface area contributed by atoms with Crippen molar-refractivity contribution in [3.05, 3.63) is 34.3 Å². The van der Waals surface area contributed by atoms with Gasteiger partial charge in [0.25, 0.3) is 0 Å². The first-order chi connectivity index (χ1) is 7.61. The number of nitrogens with zero attached hydrogens (tertiary/aromatic N) is 2. The van der Waals surface area contributed by atoms with Crippen LogP contribution >= 0.6 is 22.6 Å². The van der Waals surface area contributed by atoms with Gasteiger partial charge in [0.2, 0.25) is 5.91 Å². The minimum absolute atomic E-state index is 0.0157. The normalized spacial score (nSPS) is 20.2. The predicted octanol–water partition coefficient (Wildman–Crippen LogP) is 2.36. The van der Waals surface area contributed by atoms with Gasteiger partial charge in [0.15, 0.2) is 0 Å². The Balaban J connectivity index is 2.31. The summed E-state index contributed by atoms with van der Waals surface area (Å²) < 4.78 is 13.5. The van der Waals surface area contributed by atoms with E-state index in [9.17, 15) is 9.18 Å². The smallest absolute Gasteiger partial charge is 0.228 e. The number of carbonyl (C=O) groups excluding carboxylic acids is 1. The predicted molar refractivity (Wildman–Crippen MR) is 67.6 cm³/mol. The molecule has 1 aliphatic rings. The summed E-state index contributed by atoms with van der Waals surface area (Å²) in [6, 6.07) is 1.37. The first-order valence-corrected chi connectivity index (χ1v) is 5.93. The average Bonchev–Trinajstić information content (AvgIpc) is 2.60. The fourth-order valence-corrected chi connectivity index (χ4v) is 2.43. The van der Waals surface area contributed by atoms with E-state index in [0.717, 1.165) is 6.20 Å². The summed E-state index contributed by atoms with van der Waals surface area (Å²) in [4.78, 5) is 17.3. The van der Waals surface area contributed by atoms with Crippen molar-refractivity contribution >= 4 is 34.3 Å². The molecular weight excluding hydrogens is 322 g/mol. The highest BCUT2D eigenvalue weighted by Gasteiger charge is 2.30. The molecule has 0 aromatic carbocycles. The van der Waals surface area contributed by atoms with Gasteiger partial charge in [0.1, 0.15) is 11.6 Å². The number of halogens is 2. The molecule has 3 nitrogen and oxygen atoms in total. The lowest BCUT2D eigenvalue weighted by atomic mass is 10.1. The van der Waals surface area contributed by atoms with E-state index >= 15 is 0 Å². The van der Waals surface area contributed by atoms with E-state index in [-0.39, 0.29) is 17.6 Å². The molecule has 1 aliphatic heterocycles. The Bertz CT molecular complexity index is 450. The fraction of sp³-hybridized carbons (Fsp3) is 0.273. The maximum absolute atomic E-state index is 12.9. The monoisotopic (exact) mass is 332 g/mol. The molecule has 1 fully saturated rings. The molecule has 1 atom stereocenters. The van der Waals surface area contributed by atoms with E-state index in [4.69, 9.17) is 0 Å². The van der Waals surface area contributed by atoms with Crippen LogP contribution in [0, 0.1) is 15.3 Å². The largest absolute Gasteiger partial charge is 0.295 e. The molecule has 2 heterocycles. The summed E-state index contributed by atoms with van der Waals surface area (Å²) in [5.41, 5.74) is 0. The van der Waals surface area contributed by atoms with Gasteiger partial charge >= 0.3 is 0 Å². The standard InChI is InChI=1S/C11H10FIN2O/c1-2-7-3-10(16)15(6-7)11-9(13)4-8(12)5-14-11/h2,4-5,7H,1,3,6H2. The summed E-state index contributed by atoms with van der Waals surface area (Å²) in [5.74, 6) is 0.327. The molecule has 0 bridgehead atoms. The molecule has 0 aliphatic carbocycles. The van der Waals surface area contributed by atoms with Crippen LogP contribution in [0.2, 0.25) is 0 Å². The van der Waals surface area contributed by atoms with Crippen molar-refractivity contribution in [2.45, 2.75) is 6.42 Å². The maximum atomic E-state index is 12.9. The molecule has 1 unspecified atom stereocenters. The van der Waals surface area contributed by atoms with Gasteiger partial charge in [0, 0.05) is 18.9 Å². The molecule has 0 spiro atoms. The Morgan fingerprint density at radius 2 is 2.44 bits per heavy atom. The molecule has 5 heteroatoms. The SMILES string of the molecule is C=CC1CC(=O)N(c2ncc(F)cc2I)C1. The summed E-state index contributed by atoms with van der Waals surface area (Å²) in [6.07, 6.45) is 3.36. The molecule has 1 amide bonds. The molecule has 0 saturated carbocycles. The Labute approximate surface area is 106 Å². The molecule has 0 radical (unpaired) electrons. The Morgan fingerprint density at radius 3 is 3.00 bits per heavy atom. The van der Waals surface area contributed by atoms with Crippen LogP contribution in [0.25, 0.3) is 0 Å².